The number of sulfone groups is 1. The molecule has 0 aliphatic carbocycles. The van der Waals surface area contributed by atoms with Crippen molar-refractivity contribution in [3.63, 3.8) is 0 Å². The standard InChI is InChI=1S/C16H19NO3S/c1-12-4-3-5-13(2)16(12)20-10-11-21(18,19)15-8-6-14(17)7-9-15/h3-9H,10-11,17H2,1-2H3. The molecule has 0 atom stereocenters. The Morgan fingerprint density at radius 1 is 1.00 bits per heavy atom. The molecule has 0 fully saturated rings. The number of nitrogens with two attached hydrogens (primary N) is 1. The molecule has 0 spiro atoms. The lowest BCUT2D eigenvalue weighted by Gasteiger charge is -2.12. The molecule has 2 aromatic carbocycles. The van der Waals surface area contributed by atoms with Crippen molar-refractivity contribution in [3.05, 3.63) is 53.6 Å². The first-order valence-electron chi connectivity index (χ1n) is 6.67. The van der Waals surface area contributed by atoms with Crippen LogP contribution in [0.2, 0.25) is 0 Å². The molecule has 21 heavy (non-hydrogen) atoms. The van der Waals surface area contributed by atoms with E-state index in [1.807, 2.05) is 32.0 Å². The highest BCUT2D eigenvalue weighted by Crippen LogP contribution is 2.22. The fourth-order valence-corrected chi connectivity index (χ4v) is 3.16. The van der Waals surface area contributed by atoms with Crippen molar-refractivity contribution < 1.29 is 13.2 Å². The van der Waals surface area contributed by atoms with Crippen molar-refractivity contribution >= 4 is 15.5 Å². The van der Waals surface area contributed by atoms with Gasteiger partial charge in [0.2, 0.25) is 0 Å². The zero-order valence-electron chi connectivity index (χ0n) is 12.2. The lowest BCUT2D eigenvalue weighted by molar-refractivity contribution is 0.336. The van der Waals surface area contributed by atoms with Crippen LogP contribution < -0.4 is 10.5 Å². The van der Waals surface area contributed by atoms with Gasteiger partial charge in [-0.3, -0.25) is 0 Å². The third kappa shape index (κ3) is 3.76. The Morgan fingerprint density at radius 2 is 1.57 bits per heavy atom. The second kappa shape index (κ2) is 6.18. The van der Waals surface area contributed by atoms with E-state index in [-0.39, 0.29) is 17.3 Å². The van der Waals surface area contributed by atoms with Gasteiger partial charge in [-0.15, -0.1) is 0 Å². The fraction of sp³-hybridized carbons (Fsp3) is 0.250. The summed E-state index contributed by atoms with van der Waals surface area (Å²) in [6.07, 6.45) is 0. The summed E-state index contributed by atoms with van der Waals surface area (Å²) in [5, 5.41) is 0. The molecule has 5 heteroatoms. The Bertz CT molecular complexity index is 701. The van der Waals surface area contributed by atoms with E-state index in [2.05, 4.69) is 0 Å². The van der Waals surface area contributed by atoms with Crippen molar-refractivity contribution in [1.29, 1.82) is 0 Å². The maximum Gasteiger partial charge on any atom is 0.181 e. The summed E-state index contributed by atoms with van der Waals surface area (Å²) in [6.45, 7) is 4.01. The van der Waals surface area contributed by atoms with Gasteiger partial charge < -0.3 is 10.5 Å². The molecular weight excluding hydrogens is 286 g/mol. The van der Waals surface area contributed by atoms with E-state index in [1.54, 1.807) is 12.1 Å². The maximum absolute atomic E-state index is 12.2. The summed E-state index contributed by atoms with van der Waals surface area (Å²) in [5.74, 6) is 0.690. The summed E-state index contributed by atoms with van der Waals surface area (Å²) in [5.41, 5.74) is 8.10. The number of para-hydroxylation sites is 1. The van der Waals surface area contributed by atoms with E-state index in [4.69, 9.17) is 10.5 Å². The summed E-state index contributed by atoms with van der Waals surface area (Å²) < 4.78 is 30.0. The number of anilines is 1. The molecular formula is C16H19NO3S. The van der Waals surface area contributed by atoms with E-state index in [9.17, 15) is 8.42 Å². The number of hydrogen-bond donors (Lipinski definition) is 1. The molecule has 0 radical (unpaired) electrons. The van der Waals surface area contributed by atoms with Crippen LogP contribution in [0.25, 0.3) is 0 Å². The van der Waals surface area contributed by atoms with Crippen LogP contribution in [0, 0.1) is 13.8 Å². The largest absolute Gasteiger partial charge is 0.492 e. The first-order valence-corrected chi connectivity index (χ1v) is 8.33. The Balaban J connectivity index is 2.04. The Kier molecular flexibility index (Phi) is 4.53. The molecule has 2 rings (SSSR count). The summed E-state index contributed by atoms with van der Waals surface area (Å²) >= 11 is 0. The average Bonchev–Trinajstić information content (AvgIpc) is 2.42. The monoisotopic (exact) mass is 305 g/mol. The Labute approximate surface area is 125 Å². The van der Waals surface area contributed by atoms with Gasteiger partial charge >= 0.3 is 0 Å². The first kappa shape index (κ1) is 15.4. The van der Waals surface area contributed by atoms with Gasteiger partial charge in [-0.2, -0.15) is 0 Å². The van der Waals surface area contributed by atoms with Crippen molar-refractivity contribution in [2.24, 2.45) is 0 Å². The van der Waals surface area contributed by atoms with Crippen LogP contribution in [0.5, 0.6) is 5.75 Å². The summed E-state index contributed by atoms with van der Waals surface area (Å²) in [4.78, 5) is 0.266. The highest BCUT2D eigenvalue weighted by molar-refractivity contribution is 7.91. The Hall–Kier alpha value is -2.01. The van der Waals surface area contributed by atoms with Crippen LogP contribution in [-0.4, -0.2) is 20.8 Å². The minimum Gasteiger partial charge on any atom is -0.492 e. The molecule has 0 aromatic heterocycles. The smallest absolute Gasteiger partial charge is 0.181 e. The topological polar surface area (TPSA) is 69.4 Å². The van der Waals surface area contributed by atoms with Gasteiger partial charge in [-0.25, -0.2) is 8.42 Å². The number of ether oxygens (including phenoxy) is 1. The fourth-order valence-electron chi connectivity index (χ4n) is 2.07. The zero-order chi connectivity index (χ0) is 15.5. The highest BCUT2D eigenvalue weighted by atomic mass is 32.2. The van der Waals surface area contributed by atoms with E-state index in [0.717, 1.165) is 16.9 Å². The van der Waals surface area contributed by atoms with Gasteiger partial charge in [0, 0.05) is 5.69 Å². The van der Waals surface area contributed by atoms with Gasteiger partial charge in [-0.1, -0.05) is 18.2 Å². The molecule has 0 heterocycles. The molecule has 0 aliphatic heterocycles. The van der Waals surface area contributed by atoms with Crippen LogP contribution in [0.1, 0.15) is 11.1 Å². The van der Waals surface area contributed by atoms with Crippen LogP contribution in [-0.2, 0) is 9.84 Å². The number of rotatable bonds is 5. The zero-order valence-corrected chi connectivity index (χ0v) is 13.0. The SMILES string of the molecule is Cc1cccc(C)c1OCCS(=O)(=O)c1ccc(N)cc1. The molecule has 2 aromatic rings. The van der Waals surface area contributed by atoms with Crippen LogP contribution >= 0.6 is 0 Å². The second-order valence-electron chi connectivity index (χ2n) is 4.96. The third-order valence-corrected chi connectivity index (χ3v) is 4.94. The molecule has 0 saturated carbocycles. The summed E-state index contributed by atoms with van der Waals surface area (Å²) in [7, 11) is -3.35. The predicted octanol–water partition coefficient (Wildman–Crippen LogP) is 2.74. The molecule has 2 N–H and O–H groups in total. The van der Waals surface area contributed by atoms with Gasteiger partial charge in [-0.05, 0) is 49.2 Å². The number of aryl methyl sites for hydroxylation is 2. The van der Waals surface area contributed by atoms with Crippen LogP contribution in [0.3, 0.4) is 0 Å². The minimum atomic E-state index is -3.35. The highest BCUT2D eigenvalue weighted by Gasteiger charge is 2.15. The van der Waals surface area contributed by atoms with Crippen LogP contribution in [0.4, 0.5) is 5.69 Å². The van der Waals surface area contributed by atoms with Crippen molar-refractivity contribution in [2.75, 3.05) is 18.1 Å². The van der Waals surface area contributed by atoms with Crippen molar-refractivity contribution in [2.45, 2.75) is 18.7 Å². The lowest BCUT2D eigenvalue weighted by Crippen LogP contribution is -2.15. The molecule has 0 unspecified atom stereocenters. The van der Waals surface area contributed by atoms with Gasteiger partial charge in [0.15, 0.2) is 9.84 Å². The van der Waals surface area contributed by atoms with Gasteiger partial charge in [0.25, 0.3) is 0 Å². The molecule has 0 bridgehead atoms. The third-order valence-electron chi connectivity index (χ3n) is 3.25. The average molecular weight is 305 g/mol. The predicted molar refractivity (Wildman–Crippen MR) is 84.3 cm³/mol. The first-order chi connectivity index (χ1) is 9.90. The second-order valence-corrected chi connectivity index (χ2v) is 7.07. The summed E-state index contributed by atoms with van der Waals surface area (Å²) in [6, 6.07) is 12.0. The number of benzene rings is 2. The molecule has 0 amide bonds. The molecule has 0 aliphatic rings. The van der Waals surface area contributed by atoms with E-state index >= 15 is 0 Å². The lowest BCUT2D eigenvalue weighted by atomic mass is 10.1. The van der Waals surface area contributed by atoms with Crippen LogP contribution in [0.15, 0.2) is 47.4 Å². The molecule has 4 nitrogen and oxygen atoms in total. The van der Waals surface area contributed by atoms with Gasteiger partial charge in [0.05, 0.1) is 10.6 Å². The maximum atomic E-state index is 12.2. The number of hydrogen-bond acceptors (Lipinski definition) is 4. The molecule has 0 saturated heterocycles. The van der Waals surface area contributed by atoms with E-state index in [1.165, 1.54) is 12.1 Å². The van der Waals surface area contributed by atoms with Crippen molar-refractivity contribution in [3.8, 4) is 5.75 Å². The van der Waals surface area contributed by atoms with E-state index < -0.39 is 9.84 Å². The van der Waals surface area contributed by atoms with E-state index in [0.29, 0.717) is 5.69 Å². The van der Waals surface area contributed by atoms with Crippen molar-refractivity contribution in [1.82, 2.24) is 0 Å². The number of nitrogen functional groups attached to an aromatic ring is 1. The Morgan fingerprint density at radius 3 is 2.14 bits per heavy atom. The molecule has 112 valence electrons. The quantitative estimate of drug-likeness (QED) is 0.862. The normalized spacial score (nSPS) is 11.3. The van der Waals surface area contributed by atoms with Gasteiger partial charge in [0.1, 0.15) is 12.4 Å². The minimum absolute atomic E-state index is 0.0648.